The van der Waals surface area contributed by atoms with Gasteiger partial charge in [-0.2, -0.15) is 0 Å². The van der Waals surface area contributed by atoms with Crippen molar-refractivity contribution < 1.29 is 0 Å². The third kappa shape index (κ3) is 3.39. The number of aryl methyl sites for hydroxylation is 2. The van der Waals surface area contributed by atoms with Gasteiger partial charge in [-0.15, -0.1) is 0 Å². The van der Waals surface area contributed by atoms with E-state index in [0.717, 1.165) is 22.5 Å². The molecule has 0 aliphatic rings. The van der Waals surface area contributed by atoms with Crippen molar-refractivity contribution in [1.82, 2.24) is 14.5 Å². The fraction of sp³-hybridized carbons (Fsp3) is 0.0667. The van der Waals surface area contributed by atoms with Gasteiger partial charge >= 0.3 is 0 Å². The van der Waals surface area contributed by atoms with Crippen LogP contribution >= 0.6 is 0 Å². The number of rotatable bonds is 3. The molecule has 3 aromatic carbocycles. The molecule has 0 spiro atoms. The van der Waals surface area contributed by atoms with E-state index in [9.17, 15) is 0 Å². The van der Waals surface area contributed by atoms with Crippen LogP contribution < -0.4 is 0 Å². The zero-order chi connectivity index (χ0) is 22.4. The van der Waals surface area contributed by atoms with Crippen LogP contribution in [-0.2, 0) is 0 Å². The second-order valence-electron chi connectivity index (χ2n) is 8.58. The Morgan fingerprint density at radius 1 is 0.545 bits per heavy atom. The molecule has 0 fully saturated rings. The van der Waals surface area contributed by atoms with E-state index in [2.05, 4.69) is 95.1 Å². The van der Waals surface area contributed by atoms with Crippen molar-refractivity contribution in [1.29, 1.82) is 0 Å². The summed E-state index contributed by atoms with van der Waals surface area (Å²) < 4.78 is 2.37. The predicted molar refractivity (Wildman–Crippen MR) is 137 cm³/mol. The zero-order valence-electron chi connectivity index (χ0n) is 18.7. The Labute approximate surface area is 193 Å². The van der Waals surface area contributed by atoms with Gasteiger partial charge in [-0.3, -0.25) is 9.97 Å². The highest BCUT2D eigenvalue weighted by Gasteiger charge is 2.15. The van der Waals surface area contributed by atoms with Crippen molar-refractivity contribution in [3.05, 3.63) is 115 Å². The molecule has 6 aromatic rings. The van der Waals surface area contributed by atoms with Gasteiger partial charge < -0.3 is 4.57 Å². The van der Waals surface area contributed by atoms with Gasteiger partial charge in [0.05, 0.1) is 22.4 Å². The maximum Gasteiger partial charge on any atom is 0.0702 e. The van der Waals surface area contributed by atoms with Crippen molar-refractivity contribution in [3.63, 3.8) is 0 Å². The van der Waals surface area contributed by atoms with E-state index in [0.29, 0.717) is 0 Å². The maximum atomic E-state index is 4.57. The number of aromatic nitrogens is 3. The van der Waals surface area contributed by atoms with Crippen molar-refractivity contribution >= 4 is 21.8 Å². The topological polar surface area (TPSA) is 30.7 Å². The second-order valence-corrected chi connectivity index (χ2v) is 8.58. The first-order valence-corrected chi connectivity index (χ1v) is 11.2. The first-order valence-electron chi connectivity index (χ1n) is 11.2. The average Bonchev–Trinajstić information content (AvgIpc) is 3.17. The van der Waals surface area contributed by atoms with Crippen LogP contribution in [0.3, 0.4) is 0 Å². The van der Waals surface area contributed by atoms with Crippen LogP contribution in [0.1, 0.15) is 11.1 Å². The molecule has 0 N–H and O–H groups in total. The largest absolute Gasteiger partial charge is 0.309 e. The summed E-state index contributed by atoms with van der Waals surface area (Å²) in [5.41, 5.74) is 10.3. The Balaban J connectivity index is 1.68. The maximum absolute atomic E-state index is 4.57. The molecule has 6 rings (SSSR count). The smallest absolute Gasteiger partial charge is 0.0702 e. The van der Waals surface area contributed by atoms with Gasteiger partial charge in [0.2, 0.25) is 0 Å². The van der Waals surface area contributed by atoms with Crippen LogP contribution in [0.5, 0.6) is 0 Å². The van der Waals surface area contributed by atoms with Crippen molar-refractivity contribution in [2.45, 2.75) is 13.8 Å². The van der Waals surface area contributed by atoms with Gasteiger partial charge in [0.1, 0.15) is 0 Å². The summed E-state index contributed by atoms with van der Waals surface area (Å²) >= 11 is 0. The number of nitrogens with zero attached hydrogens (tertiary/aromatic N) is 3. The molecule has 0 aliphatic heterocycles. The summed E-state index contributed by atoms with van der Waals surface area (Å²) in [6.45, 7) is 4.31. The molecule has 3 heterocycles. The van der Waals surface area contributed by atoms with E-state index >= 15 is 0 Å². The first-order chi connectivity index (χ1) is 16.2. The standard InChI is InChI=1S/C30H23N3/c1-20-15-21(2)17-24(16-20)33-29-11-9-22(27-7-3-5-13-31-27)18-25(29)26-19-23(10-12-30(26)33)28-8-4-6-14-32-28/h3-19H,1-2H3. The van der Waals surface area contributed by atoms with Crippen LogP contribution in [0, 0.1) is 13.8 Å². The predicted octanol–water partition coefficient (Wildman–Crippen LogP) is 7.52. The minimum atomic E-state index is 0.979. The van der Waals surface area contributed by atoms with Gasteiger partial charge in [-0.05, 0) is 85.6 Å². The third-order valence-electron chi connectivity index (χ3n) is 6.15. The van der Waals surface area contributed by atoms with E-state index in [1.165, 1.54) is 38.6 Å². The Morgan fingerprint density at radius 3 is 1.52 bits per heavy atom. The number of hydrogen-bond acceptors (Lipinski definition) is 2. The van der Waals surface area contributed by atoms with E-state index < -0.39 is 0 Å². The highest BCUT2D eigenvalue weighted by atomic mass is 15.0. The van der Waals surface area contributed by atoms with E-state index in [4.69, 9.17) is 0 Å². The molecule has 0 atom stereocenters. The van der Waals surface area contributed by atoms with Gasteiger partial charge in [0.25, 0.3) is 0 Å². The summed E-state index contributed by atoms with van der Waals surface area (Å²) in [6.07, 6.45) is 3.69. The highest BCUT2D eigenvalue weighted by Crippen LogP contribution is 2.36. The fourth-order valence-corrected chi connectivity index (χ4v) is 4.77. The van der Waals surface area contributed by atoms with Gasteiger partial charge in [0.15, 0.2) is 0 Å². The van der Waals surface area contributed by atoms with Crippen LogP contribution in [0.2, 0.25) is 0 Å². The minimum Gasteiger partial charge on any atom is -0.309 e. The lowest BCUT2D eigenvalue weighted by atomic mass is 10.0. The third-order valence-corrected chi connectivity index (χ3v) is 6.15. The van der Waals surface area contributed by atoms with Crippen LogP contribution in [0.15, 0.2) is 103 Å². The summed E-state index contributed by atoms with van der Waals surface area (Å²) in [7, 11) is 0. The average molecular weight is 426 g/mol. The molecule has 0 unspecified atom stereocenters. The van der Waals surface area contributed by atoms with Crippen molar-refractivity contribution in [3.8, 4) is 28.2 Å². The number of pyridine rings is 2. The summed E-state index contributed by atoms with van der Waals surface area (Å²) in [5.74, 6) is 0. The molecule has 0 aliphatic carbocycles. The van der Waals surface area contributed by atoms with Crippen LogP contribution in [0.4, 0.5) is 0 Å². The molecule has 3 nitrogen and oxygen atoms in total. The Bertz CT molecular complexity index is 1500. The Hall–Kier alpha value is -4.24. The zero-order valence-corrected chi connectivity index (χ0v) is 18.7. The van der Waals surface area contributed by atoms with E-state index in [-0.39, 0.29) is 0 Å². The number of fused-ring (bicyclic) bond motifs is 3. The summed E-state index contributed by atoms with van der Waals surface area (Å²) in [4.78, 5) is 9.14. The Morgan fingerprint density at radius 2 is 1.06 bits per heavy atom. The van der Waals surface area contributed by atoms with Gasteiger partial charge in [-0.1, -0.05) is 30.3 Å². The molecule has 0 radical (unpaired) electrons. The van der Waals surface area contributed by atoms with Crippen LogP contribution in [0.25, 0.3) is 50.0 Å². The molecular weight excluding hydrogens is 402 g/mol. The lowest BCUT2D eigenvalue weighted by Crippen LogP contribution is -1.95. The molecule has 33 heavy (non-hydrogen) atoms. The van der Waals surface area contributed by atoms with Crippen molar-refractivity contribution in [2.24, 2.45) is 0 Å². The monoisotopic (exact) mass is 425 g/mol. The Kier molecular flexibility index (Phi) is 4.55. The molecule has 0 saturated heterocycles. The first kappa shape index (κ1) is 19.4. The molecular formula is C30H23N3. The quantitative estimate of drug-likeness (QED) is 0.293. The molecule has 0 bridgehead atoms. The molecule has 0 amide bonds. The highest BCUT2D eigenvalue weighted by molar-refractivity contribution is 6.11. The summed E-state index contributed by atoms with van der Waals surface area (Å²) in [5, 5.41) is 2.43. The number of hydrogen-bond donors (Lipinski definition) is 0. The second kappa shape index (κ2) is 7.72. The van der Waals surface area contributed by atoms with Crippen LogP contribution in [-0.4, -0.2) is 14.5 Å². The lowest BCUT2D eigenvalue weighted by molar-refractivity contribution is 1.16. The minimum absolute atomic E-state index is 0.979. The fourth-order valence-electron chi connectivity index (χ4n) is 4.77. The van der Waals surface area contributed by atoms with Gasteiger partial charge in [0, 0.05) is 40.0 Å². The van der Waals surface area contributed by atoms with Gasteiger partial charge in [-0.25, -0.2) is 0 Å². The molecule has 0 saturated carbocycles. The SMILES string of the molecule is Cc1cc(C)cc(-n2c3ccc(-c4ccccn4)cc3c3cc(-c4ccccn4)ccc32)c1. The van der Waals surface area contributed by atoms with E-state index in [1.54, 1.807) is 0 Å². The normalized spacial score (nSPS) is 11.3. The molecule has 3 heteroatoms. The molecule has 158 valence electrons. The molecule has 3 aromatic heterocycles. The lowest BCUT2D eigenvalue weighted by Gasteiger charge is -2.11. The van der Waals surface area contributed by atoms with E-state index in [1.807, 2.05) is 36.7 Å². The van der Waals surface area contributed by atoms with Crippen molar-refractivity contribution in [2.75, 3.05) is 0 Å². The number of benzene rings is 3. The summed E-state index contributed by atoms with van der Waals surface area (Å²) in [6, 6.07) is 32.1.